The summed E-state index contributed by atoms with van der Waals surface area (Å²) in [5.74, 6) is 1.14. The second kappa shape index (κ2) is 6.04. The van der Waals surface area contributed by atoms with Gasteiger partial charge in [0.25, 0.3) is 5.91 Å². The lowest BCUT2D eigenvalue weighted by atomic mass is 10.3. The molecule has 6 heteroatoms. The first-order chi connectivity index (χ1) is 10.3. The van der Waals surface area contributed by atoms with Gasteiger partial charge in [-0.05, 0) is 24.3 Å². The molecule has 0 unspecified atom stereocenters. The Morgan fingerprint density at radius 1 is 1.10 bits per heavy atom. The molecule has 0 aliphatic rings. The van der Waals surface area contributed by atoms with Crippen LogP contribution in [0, 0.1) is 0 Å². The fourth-order valence-electron chi connectivity index (χ4n) is 1.91. The third-order valence-corrected chi connectivity index (χ3v) is 2.94. The van der Waals surface area contributed by atoms with Crippen molar-refractivity contribution in [1.29, 1.82) is 0 Å². The summed E-state index contributed by atoms with van der Waals surface area (Å²) in [4.78, 5) is 11.8. The Labute approximate surface area is 121 Å². The van der Waals surface area contributed by atoms with Crippen LogP contribution < -0.4 is 10.1 Å². The highest BCUT2D eigenvalue weighted by Crippen LogP contribution is 2.07. The third-order valence-electron chi connectivity index (χ3n) is 2.94. The highest BCUT2D eigenvalue weighted by molar-refractivity contribution is 5.77. The number of hydrogen-bond donors (Lipinski definition) is 1. The maximum absolute atomic E-state index is 11.8. The summed E-state index contributed by atoms with van der Waals surface area (Å²) in [6.07, 6.45) is 1.86. The number of carbonyl (C=O) groups excluding carboxylic acids is 1. The molecular formula is C15H14N4O2. The van der Waals surface area contributed by atoms with Crippen LogP contribution in [0.2, 0.25) is 0 Å². The highest BCUT2D eigenvalue weighted by atomic mass is 16.5. The van der Waals surface area contributed by atoms with Gasteiger partial charge in [0, 0.05) is 6.20 Å². The molecule has 2 heterocycles. The quantitative estimate of drug-likeness (QED) is 0.768. The molecule has 3 aromatic rings. The van der Waals surface area contributed by atoms with E-state index in [-0.39, 0.29) is 12.5 Å². The second-order valence-electron chi connectivity index (χ2n) is 4.42. The Bertz CT molecular complexity index is 740. The van der Waals surface area contributed by atoms with Crippen LogP contribution in [0.15, 0.2) is 54.7 Å². The Morgan fingerprint density at radius 2 is 1.90 bits per heavy atom. The lowest BCUT2D eigenvalue weighted by Gasteiger charge is -2.06. The first kappa shape index (κ1) is 13.1. The van der Waals surface area contributed by atoms with Crippen molar-refractivity contribution < 1.29 is 9.53 Å². The van der Waals surface area contributed by atoms with E-state index in [1.165, 1.54) is 0 Å². The molecule has 2 aromatic heterocycles. The molecule has 0 saturated heterocycles. The molecule has 6 nitrogen and oxygen atoms in total. The standard InChI is InChI=1S/C15H14N4O2/c20-15(11-21-12-6-2-1-3-7-12)16-10-14-18-17-13-8-4-5-9-19(13)14/h1-9H,10-11H2,(H,16,20). The van der Waals surface area contributed by atoms with E-state index < -0.39 is 0 Å². The van der Waals surface area contributed by atoms with Crippen LogP contribution >= 0.6 is 0 Å². The number of aromatic nitrogens is 3. The monoisotopic (exact) mass is 282 g/mol. The number of ether oxygens (including phenoxy) is 1. The third kappa shape index (κ3) is 3.17. The summed E-state index contributed by atoms with van der Waals surface area (Å²) in [5.41, 5.74) is 0.752. The fourth-order valence-corrected chi connectivity index (χ4v) is 1.91. The SMILES string of the molecule is O=C(COc1ccccc1)NCc1nnc2ccccn12. The molecule has 1 N–H and O–H groups in total. The van der Waals surface area contributed by atoms with E-state index in [9.17, 15) is 4.79 Å². The van der Waals surface area contributed by atoms with Crippen LogP contribution in [0.1, 0.15) is 5.82 Å². The van der Waals surface area contributed by atoms with Gasteiger partial charge in [0.1, 0.15) is 5.75 Å². The molecule has 0 aliphatic heterocycles. The Balaban J connectivity index is 1.54. The van der Waals surface area contributed by atoms with Crippen molar-refractivity contribution in [1.82, 2.24) is 19.9 Å². The van der Waals surface area contributed by atoms with Crippen LogP contribution in [0.3, 0.4) is 0 Å². The molecule has 0 saturated carbocycles. The van der Waals surface area contributed by atoms with E-state index in [1.807, 2.05) is 47.0 Å². The van der Waals surface area contributed by atoms with Gasteiger partial charge in [-0.3, -0.25) is 9.20 Å². The van der Waals surface area contributed by atoms with Crippen molar-refractivity contribution >= 4 is 11.6 Å². The van der Waals surface area contributed by atoms with Gasteiger partial charge in [-0.2, -0.15) is 0 Å². The van der Waals surface area contributed by atoms with Crippen molar-refractivity contribution in [2.75, 3.05) is 6.61 Å². The van der Waals surface area contributed by atoms with Crippen molar-refractivity contribution in [2.45, 2.75) is 6.54 Å². The molecule has 106 valence electrons. The molecule has 1 amide bonds. The maximum Gasteiger partial charge on any atom is 0.258 e. The number of fused-ring (bicyclic) bond motifs is 1. The molecule has 3 rings (SSSR count). The smallest absolute Gasteiger partial charge is 0.258 e. The van der Waals surface area contributed by atoms with E-state index in [0.717, 1.165) is 5.65 Å². The minimum atomic E-state index is -0.202. The average Bonchev–Trinajstić information content (AvgIpc) is 2.95. The molecule has 0 spiro atoms. The summed E-state index contributed by atoms with van der Waals surface area (Å²) in [6, 6.07) is 14.9. The molecule has 0 radical (unpaired) electrons. The predicted molar refractivity (Wildman–Crippen MR) is 76.8 cm³/mol. The number of rotatable bonds is 5. The molecule has 0 atom stereocenters. The summed E-state index contributed by atoms with van der Waals surface area (Å²) in [7, 11) is 0. The van der Waals surface area contributed by atoms with Gasteiger partial charge < -0.3 is 10.1 Å². The molecular weight excluding hydrogens is 268 g/mol. The lowest BCUT2D eigenvalue weighted by molar-refractivity contribution is -0.123. The number of nitrogens with zero attached hydrogens (tertiary/aromatic N) is 3. The normalized spacial score (nSPS) is 10.5. The van der Waals surface area contributed by atoms with Crippen molar-refractivity contribution in [3.05, 3.63) is 60.6 Å². The summed E-state index contributed by atoms with van der Waals surface area (Å²) in [5, 5.41) is 10.8. The molecule has 0 aliphatic carbocycles. The summed E-state index contributed by atoms with van der Waals surface area (Å²) in [6.45, 7) is 0.281. The lowest BCUT2D eigenvalue weighted by Crippen LogP contribution is -2.29. The second-order valence-corrected chi connectivity index (χ2v) is 4.42. The molecule has 21 heavy (non-hydrogen) atoms. The van der Waals surface area contributed by atoms with Crippen LogP contribution in [0.25, 0.3) is 5.65 Å². The Kier molecular flexibility index (Phi) is 3.77. The first-order valence-corrected chi connectivity index (χ1v) is 6.56. The van der Waals surface area contributed by atoms with Gasteiger partial charge in [-0.25, -0.2) is 0 Å². The molecule has 0 fully saturated rings. The predicted octanol–water partition coefficient (Wildman–Crippen LogP) is 1.42. The van der Waals surface area contributed by atoms with Crippen LogP contribution in [0.4, 0.5) is 0 Å². The van der Waals surface area contributed by atoms with Crippen molar-refractivity contribution in [2.24, 2.45) is 0 Å². The van der Waals surface area contributed by atoms with E-state index in [0.29, 0.717) is 18.1 Å². The topological polar surface area (TPSA) is 68.5 Å². The zero-order valence-corrected chi connectivity index (χ0v) is 11.3. The van der Waals surface area contributed by atoms with E-state index in [2.05, 4.69) is 15.5 Å². The number of hydrogen-bond acceptors (Lipinski definition) is 4. The van der Waals surface area contributed by atoms with E-state index in [1.54, 1.807) is 12.1 Å². The van der Waals surface area contributed by atoms with Crippen molar-refractivity contribution in [3.8, 4) is 5.75 Å². The average molecular weight is 282 g/mol. The number of amides is 1. The first-order valence-electron chi connectivity index (χ1n) is 6.56. The van der Waals surface area contributed by atoms with Crippen LogP contribution in [-0.4, -0.2) is 27.1 Å². The van der Waals surface area contributed by atoms with Crippen LogP contribution in [0.5, 0.6) is 5.75 Å². The molecule has 0 bridgehead atoms. The number of carbonyl (C=O) groups is 1. The Hall–Kier alpha value is -2.89. The number of para-hydroxylation sites is 1. The number of benzene rings is 1. The van der Waals surface area contributed by atoms with Crippen LogP contribution in [-0.2, 0) is 11.3 Å². The van der Waals surface area contributed by atoms with Crippen molar-refractivity contribution in [3.63, 3.8) is 0 Å². The minimum Gasteiger partial charge on any atom is -0.484 e. The number of pyridine rings is 1. The van der Waals surface area contributed by atoms with Gasteiger partial charge in [0.05, 0.1) is 6.54 Å². The van der Waals surface area contributed by atoms with Gasteiger partial charge in [0.15, 0.2) is 18.1 Å². The minimum absolute atomic E-state index is 0.0270. The van der Waals surface area contributed by atoms with E-state index in [4.69, 9.17) is 4.74 Å². The largest absolute Gasteiger partial charge is 0.484 e. The highest BCUT2D eigenvalue weighted by Gasteiger charge is 2.07. The number of nitrogens with one attached hydrogen (secondary N) is 1. The van der Waals surface area contributed by atoms with E-state index >= 15 is 0 Å². The maximum atomic E-state index is 11.8. The Morgan fingerprint density at radius 3 is 2.76 bits per heavy atom. The zero-order valence-electron chi connectivity index (χ0n) is 11.3. The molecule has 1 aromatic carbocycles. The zero-order chi connectivity index (χ0) is 14.5. The van der Waals surface area contributed by atoms with Gasteiger partial charge in [0.2, 0.25) is 0 Å². The van der Waals surface area contributed by atoms with Gasteiger partial charge in [-0.1, -0.05) is 24.3 Å². The van der Waals surface area contributed by atoms with Gasteiger partial charge >= 0.3 is 0 Å². The fraction of sp³-hybridized carbons (Fsp3) is 0.133. The van der Waals surface area contributed by atoms with Gasteiger partial charge in [-0.15, -0.1) is 10.2 Å². The summed E-state index contributed by atoms with van der Waals surface area (Å²) >= 11 is 0. The summed E-state index contributed by atoms with van der Waals surface area (Å²) < 4.78 is 7.20.